The zero-order valence-corrected chi connectivity index (χ0v) is 9.73. The first-order valence-electron chi connectivity index (χ1n) is 5.51. The van der Waals surface area contributed by atoms with Crippen molar-refractivity contribution in [2.75, 3.05) is 13.2 Å². The molecule has 4 N–H and O–H groups in total. The molecule has 0 bridgehead atoms. The summed E-state index contributed by atoms with van der Waals surface area (Å²) in [6, 6.07) is 5.20. The molecule has 1 aliphatic heterocycles. The minimum atomic E-state index is -1.20. The highest BCUT2D eigenvalue weighted by molar-refractivity contribution is 5.85. The summed E-state index contributed by atoms with van der Waals surface area (Å²) in [5.41, 5.74) is 10.6. The van der Waals surface area contributed by atoms with Gasteiger partial charge in [-0.25, -0.2) is 0 Å². The number of amides is 1. The van der Waals surface area contributed by atoms with E-state index in [9.17, 15) is 4.79 Å². The third kappa shape index (κ3) is 2.19. The molecule has 1 unspecified atom stereocenters. The molecule has 0 saturated heterocycles. The van der Waals surface area contributed by atoms with E-state index in [4.69, 9.17) is 20.9 Å². The normalized spacial score (nSPS) is 18.0. The van der Waals surface area contributed by atoms with E-state index < -0.39 is 11.4 Å². The average molecular weight is 236 g/mol. The summed E-state index contributed by atoms with van der Waals surface area (Å²) in [5, 5.41) is 0. The number of primary amides is 1. The molecule has 0 aromatic heterocycles. The van der Waals surface area contributed by atoms with Gasteiger partial charge in [-0.1, -0.05) is 6.07 Å². The van der Waals surface area contributed by atoms with Gasteiger partial charge in [0.15, 0.2) is 11.5 Å². The van der Waals surface area contributed by atoms with Crippen molar-refractivity contribution >= 4 is 5.91 Å². The first-order chi connectivity index (χ1) is 8.01. The molecular formula is C12H16N2O3. The molecule has 0 fully saturated rings. The van der Waals surface area contributed by atoms with E-state index in [-0.39, 0.29) is 0 Å². The van der Waals surface area contributed by atoms with Crippen LogP contribution in [0, 0.1) is 0 Å². The Bertz CT molecular complexity index is 443. The van der Waals surface area contributed by atoms with E-state index in [1.807, 2.05) is 0 Å². The van der Waals surface area contributed by atoms with Crippen LogP contribution in [0.2, 0.25) is 0 Å². The molecule has 1 aliphatic rings. The van der Waals surface area contributed by atoms with Gasteiger partial charge in [-0.05, 0) is 24.6 Å². The molecule has 1 amide bonds. The van der Waals surface area contributed by atoms with Crippen molar-refractivity contribution in [1.29, 1.82) is 0 Å². The van der Waals surface area contributed by atoms with Crippen LogP contribution in [-0.4, -0.2) is 19.1 Å². The molecule has 2 rings (SSSR count). The number of carbonyl (C=O) groups excluding carboxylic acids is 1. The van der Waals surface area contributed by atoms with Crippen molar-refractivity contribution in [1.82, 2.24) is 0 Å². The highest BCUT2D eigenvalue weighted by Gasteiger charge is 2.29. The van der Waals surface area contributed by atoms with Crippen LogP contribution in [0.4, 0.5) is 0 Å². The fourth-order valence-corrected chi connectivity index (χ4v) is 1.63. The van der Waals surface area contributed by atoms with E-state index in [1.54, 1.807) is 25.1 Å². The highest BCUT2D eigenvalue weighted by Crippen LogP contribution is 2.33. The molecule has 0 aliphatic carbocycles. The molecule has 1 heterocycles. The van der Waals surface area contributed by atoms with Crippen LogP contribution in [-0.2, 0) is 10.3 Å². The lowest BCUT2D eigenvalue weighted by molar-refractivity contribution is -0.122. The molecule has 5 nitrogen and oxygen atoms in total. The van der Waals surface area contributed by atoms with Crippen LogP contribution >= 0.6 is 0 Å². The minimum absolute atomic E-state index is 0.577. The highest BCUT2D eigenvalue weighted by atomic mass is 16.5. The second-order valence-electron chi connectivity index (χ2n) is 4.28. The average Bonchev–Trinajstić information content (AvgIpc) is 2.52. The maximum Gasteiger partial charge on any atom is 0.241 e. The number of hydrogen-bond acceptors (Lipinski definition) is 4. The fraction of sp³-hybridized carbons (Fsp3) is 0.417. The van der Waals surface area contributed by atoms with Crippen LogP contribution in [0.15, 0.2) is 18.2 Å². The third-order valence-electron chi connectivity index (χ3n) is 2.86. The van der Waals surface area contributed by atoms with Crippen LogP contribution in [0.5, 0.6) is 11.5 Å². The van der Waals surface area contributed by atoms with Crippen molar-refractivity contribution in [2.45, 2.75) is 18.9 Å². The van der Waals surface area contributed by atoms with E-state index in [1.165, 1.54) is 0 Å². The molecule has 0 saturated carbocycles. The van der Waals surface area contributed by atoms with Gasteiger partial charge in [0.25, 0.3) is 0 Å². The van der Waals surface area contributed by atoms with Gasteiger partial charge in [0.1, 0.15) is 5.54 Å². The van der Waals surface area contributed by atoms with Gasteiger partial charge in [0.05, 0.1) is 13.2 Å². The molecule has 92 valence electrons. The van der Waals surface area contributed by atoms with Crippen LogP contribution < -0.4 is 20.9 Å². The van der Waals surface area contributed by atoms with E-state index in [0.29, 0.717) is 30.3 Å². The van der Waals surface area contributed by atoms with Crippen LogP contribution in [0.25, 0.3) is 0 Å². The SMILES string of the molecule is CC(N)(C(N)=O)c1ccc2c(c1)OCCCO2. The second kappa shape index (κ2) is 4.25. The van der Waals surface area contributed by atoms with E-state index in [0.717, 1.165) is 6.42 Å². The Balaban J connectivity index is 2.39. The fourth-order valence-electron chi connectivity index (χ4n) is 1.63. The van der Waals surface area contributed by atoms with Crippen LogP contribution in [0.3, 0.4) is 0 Å². The largest absolute Gasteiger partial charge is 0.490 e. The van der Waals surface area contributed by atoms with Gasteiger partial charge in [-0.15, -0.1) is 0 Å². The maximum absolute atomic E-state index is 11.3. The lowest BCUT2D eigenvalue weighted by Gasteiger charge is -2.22. The maximum atomic E-state index is 11.3. The van der Waals surface area contributed by atoms with Crippen LogP contribution in [0.1, 0.15) is 18.9 Å². The predicted molar refractivity (Wildman–Crippen MR) is 62.8 cm³/mol. The van der Waals surface area contributed by atoms with Gasteiger partial charge in [0, 0.05) is 6.42 Å². The molecule has 0 spiro atoms. The number of fused-ring (bicyclic) bond motifs is 1. The summed E-state index contributed by atoms with van der Waals surface area (Å²) >= 11 is 0. The van der Waals surface area contributed by atoms with Gasteiger partial charge < -0.3 is 20.9 Å². The number of hydrogen-bond donors (Lipinski definition) is 2. The quantitative estimate of drug-likeness (QED) is 0.783. The molecule has 1 atom stereocenters. The van der Waals surface area contributed by atoms with Crippen molar-refractivity contribution in [2.24, 2.45) is 11.5 Å². The van der Waals surface area contributed by atoms with Gasteiger partial charge >= 0.3 is 0 Å². The lowest BCUT2D eigenvalue weighted by atomic mass is 9.92. The van der Waals surface area contributed by atoms with Crippen molar-refractivity contribution < 1.29 is 14.3 Å². The minimum Gasteiger partial charge on any atom is -0.490 e. The van der Waals surface area contributed by atoms with Gasteiger partial charge in [-0.2, -0.15) is 0 Å². The first-order valence-corrected chi connectivity index (χ1v) is 5.51. The first kappa shape index (κ1) is 11.7. The van der Waals surface area contributed by atoms with Crippen molar-refractivity contribution in [3.63, 3.8) is 0 Å². The van der Waals surface area contributed by atoms with Crippen molar-refractivity contribution in [3.05, 3.63) is 23.8 Å². The Kier molecular flexibility index (Phi) is 2.93. The summed E-state index contributed by atoms with van der Waals surface area (Å²) in [6.45, 7) is 2.80. The Labute approximate surface area is 99.7 Å². The Morgan fingerprint density at radius 3 is 2.59 bits per heavy atom. The summed E-state index contributed by atoms with van der Waals surface area (Å²) < 4.78 is 11.0. The topological polar surface area (TPSA) is 87.6 Å². The number of ether oxygens (including phenoxy) is 2. The molecule has 5 heteroatoms. The molecule has 17 heavy (non-hydrogen) atoms. The summed E-state index contributed by atoms with van der Waals surface area (Å²) in [6.07, 6.45) is 0.833. The second-order valence-corrected chi connectivity index (χ2v) is 4.28. The predicted octanol–water partition coefficient (Wildman–Crippen LogP) is 0.507. The summed E-state index contributed by atoms with van der Waals surface area (Å²) in [7, 11) is 0. The Morgan fingerprint density at radius 1 is 1.29 bits per heavy atom. The standard InChI is InChI=1S/C12H16N2O3/c1-12(14,11(13)15)8-3-4-9-10(7-8)17-6-2-5-16-9/h3-4,7H,2,5-6,14H2,1H3,(H2,13,15). The van der Waals surface area contributed by atoms with E-state index >= 15 is 0 Å². The summed E-state index contributed by atoms with van der Waals surface area (Å²) in [5.74, 6) is 0.705. The van der Waals surface area contributed by atoms with Gasteiger partial charge in [0.2, 0.25) is 5.91 Å². The molecule has 1 aromatic rings. The zero-order chi connectivity index (χ0) is 12.5. The van der Waals surface area contributed by atoms with E-state index in [2.05, 4.69) is 0 Å². The molecule has 0 radical (unpaired) electrons. The van der Waals surface area contributed by atoms with Crippen molar-refractivity contribution in [3.8, 4) is 11.5 Å². The zero-order valence-electron chi connectivity index (χ0n) is 9.73. The summed E-state index contributed by atoms with van der Waals surface area (Å²) in [4.78, 5) is 11.3. The third-order valence-corrected chi connectivity index (χ3v) is 2.86. The molecule has 1 aromatic carbocycles. The number of carbonyl (C=O) groups is 1. The Morgan fingerprint density at radius 2 is 1.94 bits per heavy atom. The van der Waals surface area contributed by atoms with Gasteiger partial charge in [-0.3, -0.25) is 4.79 Å². The number of benzene rings is 1. The Hall–Kier alpha value is -1.75. The smallest absolute Gasteiger partial charge is 0.241 e. The monoisotopic (exact) mass is 236 g/mol. The lowest BCUT2D eigenvalue weighted by Crippen LogP contribution is -2.46. The number of rotatable bonds is 2. The number of nitrogens with two attached hydrogens (primary N) is 2. The molecular weight excluding hydrogens is 220 g/mol.